The van der Waals surface area contributed by atoms with Gasteiger partial charge in [-0.1, -0.05) is 41.4 Å². The van der Waals surface area contributed by atoms with Gasteiger partial charge in [-0.3, -0.25) is 0 Å². The van der Waals surface area contributed by atoms with Gasteiger partial charge in [-0.25, -0.2) is 0 Å². The minimum Gasteiger partial charge on any atom is -0.508 e. The average molecular weight is 310 g/mol. The van der Waals surface area contributed by atoms with E-state index >= 15 is 0 Å². The Kier molecular flexibility index (Phi) is 5.16. The molecule has 0 aliphatic rings. The van der Waals surface area contributed by atoms with Gasteiger partial charge in [0.1, 0.15) is 5.75 Å². The first-order valence-corrected chi connectivity index (χ1v) is 7.30. The van der Waals surface area contributed by atoms with E-state index in [1.165, 1.54) is 5.56 Å². The molecule has 0 aromatic heterocycles. The number of aromatic hydroxyl groups is 1. The molecule has 0 heterocycles. The third kappa shape index (κ3) is 4.06. The molecule has 0 aliphatic heterocycles. The van der Waals surface area contributed by atoms with Crippen molar-refractivity contribution in [1.82, 2.24) is 0 Å². The Labute approximate surface area is 129 Å². The summed E-state index contributed by atoms with van der Waals surface area (Å²) in [6.45, 7) is 2.10. The molecule has 0 saturated carbocycles. The fraction of sp³-hybridized carbons (Fsp3) is 0.250. The lowest BCUT2D eigenvalue weighted by Gasteiger charge is -2.17. The van der Waals surface area contributed by atoms with Crippen LogP contribution in [0.25, 0.3) is 0 Å². The number of aryl methyl sites for hydroxylation is 1. The van der Waals surface area contributed by atoms with E-state index in [0.717, 1.165) is 18.5 Å². The molecule has 20 heavy (non-hydrogen) atoms. The number of phenols is 1. The van der Waals surface area contributed by atoms with Crippen molar-refractivity contribution >= 4 is 28.9 Å². The molecular weight excluding hydrogens is 293 g/mol. The second-order valence-corrected chi connectivity index (χ2v) is 5.66. The van der Waals surface area contributed by atoms with Crippen LogP contribution in [-0.2, 0) is 6.42 Å². The quantitative estimate of drug-likeness (QED) is 0.802. The van der Waals surface area contributed by atoms with Gasteiger partial charge in [0.2, 0.25) is 0 Å². The zero-order chi connectivity index (χ0) is 14.5. The summed E-state index contributed by atoms with van der Waals surface area (Å²) in [7, 11) is 0. The number of phenolic OH excluding ortho intramolecular Hbond substituents is 1. The summed E-state index contributed by atoms with van der Waals surface area (Å²) in [4.78, 5) is 0. The SMILES string of the molecule is CC(CCc1ccc(O)cc1)Nc1c(Cl)cccc1Cl. The fourth-order valence-corrected chi connectivity index (χ4v) is 2.51. The molecule has 1 unspecified atom stereocenters. The van der Waals surface area contributed by atoms with Crippen LogP contribution in [0.4, 0.5) is 5.69 Å². The molecule has 0 fully saturated rings. The Morgan fingerprint density at radius 3 is 2.25 bits per heavy atom. The molecule has 0 bridgehead atoms. The van der Waals surface area contributed by atoms with Crippen molar-refractivity contribution in [3.05, 3.63) is 58.1 Å². The van der Waals surface area contributed by atoms with Gasteiger partial charge in [-0.2, -0.15) is 0 Å². The molecule has 4 heteroatoms. The molecule has 0 saturated heterocycles. The minimum absolute atomic E-state index is 0.251. The highest BCUT2D eigenvalue weighted by molar-refractivity contribution is 6.39. The molecule has 2 aromatic rings. The minimum atomic E-state index is 0.251. The van der Waals surface area contributed by atoms with E-state index in [9.17, 15) is 5.11 Å². The Bertz CT molecular complexity index is 549. The van der Waals surface area contributed by atoms with Crippen molar-refractivity contribution in [3.63, 3.8) is 0 Å². The number of para-hydroxylation sites is 1. The van der Waals surface area contributed by atoms with Gasteiger partial charge in [0.15, 0.2) is 0 Å². The lowest BCUT2D eigenvalue weighted by molar-refractivity contribution is 0.475. The monoisotopic (exact) mass is 309 g/mol. The van der Waals surface area contributed by atoms with E-state index in [1.54, 1.807) is 12.1 Å². The predicted octanol–water partition coefficient (Wildman–Crippen LogP) is 5.13. The lowest BCUT2D eigenvalue weighted by Crippen LogP contribution is -2.16. The van der Waals surface area contributed by atoms with Gasteiger partial charge >= 0.3 is 0 Å². The van der Waals surface area contributed by atoms with Crippen LogP contribution in [0.15, 0.2) is 42.5 Å². The molecular formula is C16H17Cl2NO. The van der Waals surface area contributed by atoms with Gasteiger partial charge < -0.3 is 10.4 Å². The highest BCUT2D eigenvalue weighted by Crippen LogP contribution is 2.30. The molecule has 0 spiro atoms. The summed E-state index contributed by atoms with van der Waals surface area (Å²) in [5.74, 6) is 0.294. The van der Waals surface area contributed by atoms with Crippen molar-refractivity contribution in [2.24, 2.45) is 0 Å². The third-order valence-corrected chi connectivity index (χ3v) is 3.79. The van der Waals surface area contributed by atoms with E-state index in [0.29, 0.717) is 15.8 Å². The highest BCUT2D eigenvalue weighted by Gasteiger charge is 2.09. The smallest absolute Gasteiger partial charge is 0.115 e. The van der Waals surface area contributed by atoms with Gasteiger partial charge in [0, 0.05) is 6.04 Å². The number of benzene rings is 2. The molecule has 2 N–H and O–H groups in total. The largest absolute Gasteiger partial charge is 0.508 e. The molecule has 0 aliphatic carbocycles. The number of hydrogen-bond acceptors (Lipinski definition) is 2. The number of rotatable bonds is 5. The van der Waals surface area contributed by atoms with Crippen LogP contribution < -0.4 is 5.32 Å². The first kappa shape index (κ1) is 15.0. The highest BCUT2D eigenvalue weighted by atomic mass is 35.5. The molecule has 106 valence electrons. The fourth-order valence-electron chi connectivity index (χ4n) is 2.00. The number of halogens is 2. The molecule has 0 amide bonds. The van der Waals surface area contributed by atoms with E-state index < -0.39 is 0 Å². The zero-order valence-electron chi connectivity index (χ0n) is 11.2. The van der Waals surface area contributed by atoms with Crippen molar-refractivity contribution in [1.29, 1.82) is 0 Å². The van der Waals surface area contributed by atoms with Crippen LogP contribution in [0, 0.1) is 0 Å². The van der Waals surface area contributed by atoms with Crippen LogP contribution in [0.3, 0.4) is 0 Å². The van der Waals surface area contributed by atoms with Gasteiger partial charge in [0.05, 0.1) is 15.7 Å². The predicted molar refractivity (Wildman–Crippen MR) is 86.0 cm³/mol. The molecule has 0 radical (unpaired) electrons. The van der Waals surface area contributed by atoms with Crippen molar-refractivity contribution in [2.75, 3.05) is 5.32 Å². The molecule has 1 atom stereocenters. The summed E-state index contributed by atoms with van der Waals surface area (Å²) >= 11 is 12.3. The summed E-state index contributed by atoms with van der Waals surface area (Å²) in [6.07, 6.45) is 1.88. The number of nitrogens with one attached hydrogen (secondary N) is 1. The van der Waals surface area contributed by atoms with Crippen LogP contribution in [-0.4, -0.2) is 11.1 Å². The second kappa shape index (κ2) is 6.87. The Morgan fingerprint density at radius 2 is 1.65 bits per heavy atom. The maximum absolute atomic E-state index is 9.25. The van der Waals surface area contributed by atoms with Crippen molar-refractivity contribution in [2.45, 2.75) is 25.8 Å². The summed E-state index contributed by atoms with van der Waals surface area (Å²) in [5.41, 5.74) is 1.98. The maximum atomic E-state index is 9.25. The van der Waals surface area contributed by atoms with E-state index in [2.05, 4.69) is 12.2 Å². The Balaban J connectivity index is 1.92. The van der Waals surface area contributed by atoms with Gasteiger partial charge in [-0.15, -0.1) is 0 Å². The Hall–Kier alpha value is -1.38. The van der Waals surface area contributed by atoms with Crippen molar-refractivity contribution in [3.8, 4) is 5.75 Å². The molecule has 2 rings (SSSR count). The Morgan fingerprint density at radius 1 is 1.05 bits per heavy atom. The van der Waals surface area contributed by atoms with Gasteiger partial charge in [-0.05, 0) is 49.6 Å². The van der Waals surface area contributed by atoms with Crippen LogP contribution in [0.5, 0.6) is 5.75 Å². The number of anilines is 1. The summed E-state index contributed by atoms with van der Waals surface area (Å²) < 4.78 is 0. The van der Waals surface area contributed by atoms with E-state index in [-0.39, 0.29) is 6.04 Å². The summed E-state index contributed by atoms with van der Waals surface area (Å²) in [6, 6.07) is 13.0. The average Bonchev–Trinajstić information content (AvgIpc) is 2.42. The zero-order valence-corrected chi connectivity index (χ0v) is 12.7. The molecule has 2 nitrogen and oxygen atoms in total. The first-order chi connectivity index (χ1) is 9.56. The third-order valence-electron chi connectivity index (χ3n) is 3.16. The number of hydrogen-bond donors (Lipinski definition) is 2. The topological polar surface area (TPSA) is 32.3 Å². The van der Waals surface area contributed by atoms with Crippen LogP contribution in [0.2, 0.25) is 10.0 Å². The van der Waals surface area contributed by atoms with Gasteiger partial charge in [0.25, 0.3) is 0 Å². The van der Waals surface area contributed by atoms with Crippen molar-refractivity contribution < 1.29 is 5.11 Å². The first-order valence-electron chi connectivity index (χ1n) is 6.54. The summed E-state index contributed by atoms with van der Waals surface area (Å²) in [5, 5.41) is 13.9. The lowest BCUT2D eigenvalue weighted by atomic mass is 10.1. The van der Waals surface area contributed by atoms with E-state index in [4.69, 9.17) is 23.2 Å². The maximum Gasteiger partial charge on any atom is 0.115 e. The van der Waals surface area contributed by atoms with E-state index in [1.807, 2.05) is 30.3 Å². The molecule has 2 aromatic carbocycles. The van der Waals surface area contributed by atoms with Crippen LogP contribution in [0.1, 0.15) is 18.9 Å². The second-order valence-electron chi connectivity index (χ2n) is 4.85. The standard InChI is InChI=1S/C16H17Cl2NO/c1-11(5-6-12-7-9-13(20)10-8-12)19-16-14(17)3-2-4-15(16)18/h2-4,7-11,19-20H,5-6H2,1H3. The van der Waals surface area contributed by atoms with Crippen LogP contribution >= 0.6 is 23.2 Å². The normalized spacial score (nSPS) is 12.2.